The van der Waals surface area contributed by atoms with Gasteiger partial charge in [0.1, 0.15) is 4.90 Å². The number of benzene rings is 2. The SMILES string of the molecule is CC1CN(C(=O)c2ccc(Cl)c(S(=O)(=O)Nc3ccc(Cl)cc3)c2)CCO1. The predicted octanol–water partition coefficient (Wildman–Crippen LogP) is 3.66. The minimum absolute atomic E-state index is 0.0309. The Balaban J connectivity index is 1.88. The van der Waals surface area contributed by atoms with Crippen molar-refractivity contribution < 1.29 is 17.9 Å². The van der Waals surface area contributed by atoms with Crippen LogP contribution in [-0.2, 0) is 14.8 Å². The Morgan fingerprint density at radius 1 is 1.19 bits per heavy atom. The Hall–Kier alpha value is -1.80. The van der Waals surface area contributed by atoms with Crippen molar-refractivity contribution in [3.63, 3.8) is 0 Å². The standard InChI is InChI=1S/C18H18Cl2N2O4S/c1-12-11-22(8-9-26-12)18(23)13-2-7-16(20)17(10-13)27(24,25)21-15-5-3-14(19)4-6-15/h2-7,10,12,21H,8-9,11H2,1H3. The molecule has 144 valence electrons. The summed E-state index contributed by atoms with van der Waals surface area (Å²) in [6, 6.07) is 10.4. The van der Waals surface area contributed by atoms with E-state index < -0.39 is 10.0 Å². The van der Waals surface area contributed by atoms with E-state index in [-0.39, 0.29) is 27.5 Å². The topological polar surface area (TPSA) is 75.7 Å². The zero-order valence-corrected chi connectivity index (χ0v) is 16.8. The van der Waals surface area contributed by atoms with Crippen molar-refractivity contribution in [3.8, 4) is 0 Å². The highest BCUT2D eigenvalue weighted by Crippen LogP contribution is 2.26. The second kappa shape index (κ2) is 8.06. The maximum atomic E-state index is 12.7. The van der Waals surface area contributed by atoms with Crippen LogP contribution in [0.4, 0.5) is 5.69 Å². The van der Waals surface area contributed by atoms with Crippen molar-refractivity contribution in [1.29, 1.82) is 0 Å². The van der Waals surface area contributed by atoms with Gasteiger partial charge in [-0.3, -0.25) is 9.52 Å². The van der Waals surface area contributed by atoms with Crippen molar-refractivity contribution in [2.24, 2.45) is 0 Å². The number of morpholine rings is 1. The van der Waals surface area contributed by atoms with E-state index in [9.17, 15) is 13.2 Å². The molecule has 3 rings (SSSR count). The van der Waals surface area contributed by atoms with Crippen molar-refractivity contribution in [2.75, 3.05) is 24.4 Å². The number of amides is 1. The number of anilines is 1. The van der Waals surface area contributed by atoms with E-state index in [0.29, 0.717) is 30.4 Å². The van der Waals surface area contributed by atoms with Gasteiger partial charge in [0.15, 0.2) is 0 Å². The smallest absolute Gasteiger partial charge is 0.263 e. The first-order valence-corrected chi connectivity index (χ1v) is 10.5. The van der Waals surface area contributed by atoms with Crippen LogP contribution in [0.3, 0.4) is 0 Å². The quantitative estimate of drug-likeness (QED) is 0.805. The fraction of sp³-hybridized carbons (Fsp3) is 0.278. The molecule has 1 saturated heterocycles. The largest absolute Gasteiger partial charge is 0.375 e. The van der Waals surface area contributed by atoms with Crippen LogP contribution in [0.5, 0.6) is 0 Å². The predicted molar refractivity (Wildman–Crippen MR) is 105 cm³/mol. The molecular weight excluding hydrogens is 411 g/mol. The Morgan fingerprint density at radius 3 is 2.56 bits per heavy atom. The number of nitrogens with one attached hydrogen (secondary N) is 1. The minimum Gasteiger partial charge on any atom is -0.375 e. The average Bonchev–Trinajstić information content (AvgIpc) is 2.63. The Morgan fingerprint density at radius 2 is 1.89 bits per heavy atom. The number of carbonyl (C=O) groups is 1. The molecule has 0 aliphatic carbocycles. The van der Waals surface area contributed by atoms with E-state index in [1.165, 1.54) is 30.3 Å². The zero-order valence-electron chi connectivity index (χ0n) is 14.5. The molecule has 0 saturated carbocycles. The van der Waals surface area contributed by atoms with E-state index >= 15 is 0 Å². The lowest BCUT2D eigenvalue weighted by Crippen LogP contribution is -2.44. The number of sulfonamides is 1. The molecule has 27 heavy (non-hydrogen) atoms. The van der Waals surface area contributed by atoms with Gasteiger partial charge < -0.3 is 9.64 Å². The van der Waals surface area contributed by atoms with E-state index in [1.54, 1.807) is 17.0 Å². The first-order valence-electron chi connectivity index (χ1n) is 8.25. The normalized spacial score (nSPS) is 17.6. The highest BCUT2D eigenvalue weighted by molar-refractivity contribution is 7.92. The van der Waals surface area contributed by atoms with Gasteiger partial charge in [0, 0.05) is 29.4 Å². The molecule has 0 bridgehead atoms. The zero-order chi connectivity index (χ0) is 19.6. The number of hydrogen-bond acceptors (Lipinski definition) is 4. The molecule has 6 nitrogen and oxygen atoms in total. The lowest BCUT2D eigenvalue weighted by atomic mass is 10.2. The molecule has 9 heteroatoms. The number of ether oxygens (including phenoxy) is 1. The maximum Gasteiger partial charge on any atom is 0.263 e. The summed E-state index contributed by atoms with van der Waals surface area (Å²) in [6.45, 7) is 3.24. The molecule has 1 heterocycles. The highest BCUT2D eigenvalue weighted by Gasteiger charge is 2.25. The molecule has 1 fully saturated rings. The Kier molecular flexibility index (Phi) is 5.95. The van der Waals surface area contributed by atoms with Crippen molar-refractivity contribution in [1.82, 2.24) is 4.90 Å². The van der Waals surface area contributed by atoms with E-state index in [2.05, 4.69) is 4.72 Å². The van der Waals surface area contributed by atoms with Gasteiger partial charge in [0.05, 0.1) is 17.7 Å². The molecule has 1 unspecified atom stereocenters. The van der Waals surface area contributed by atoms with Gasteiger partial charge >= 0.3 is 0 Å². The lowest BCUT2D eigenvalue weighted by molar-refractivity contribution is -0.0124. The third-order valence-electron chi connectivity index (χ3n) is 4.09. The summed E-state index contributed by atoms with van der Waals surface area (Å²) in [5.74, 6) is -0.259. The van der Waals surface area contributed by atoms with Crippen LogP contribution in [0.25, 0.3) is 0 Å². The summed E-state index contributed by atoms with van der Waals surface area (Å²) in [5.41, 5.74) is 0.596. The number of hydrogen-bond donors (Lipinski definition) is 1. The van der Waals surface area contributed by atoms with Gasteiger partial charge in [0.25, 0.3) is 15.9 Å². The van der Waals surface area contributed by atoms with Crippen molar-refractivity contribution in [2.45, 2.75) is 17.9 Å². The van der Waals surface area contributed by atoms with E-state index in [4.69, 9.17) is 27.9 Å². The second-order valence-corrected chi connectivity index (χ2v) is 8.68. The monoisotopic (exact) mass is 428 g/mol. The average molecular weight is 429 g/mol. The van der Waals surface area contributed by atoms with Crippen LogP contribution in [0, 0.1) is 0 Å². The van der Waals surface area contributed by atoms with Crippen LogP contribution in [0.15, 0.2) is 47.4 Å². The molecule has 1 atom stereocenters. The third-order valence-corrected chi connectivity index (χ3v) is 6.21. The first kappa shape index (κ1) is 19.9. The summed E-state index contributed by atoms with van der Waals surface area (Å²) in [5, 5.41) is 0.520. The summed E-state index contributed by atoms with van der Waals surface area (Å²) < 4.78 is 33.3. The summed E-state index contributed by atoms with van der Waals surface area (Å²) in [6.07, 6.45) is -0.0650. The second-order valence-electron chi connectivity index (χ2n) is 6.19. The molecule has 0 aromatic heterocycles. The fourth-order valence-corrected chi connectivity index (χ4v) is 4.47. The van der Waals surface area contributed by atoms with Crippen LogP contribution >= 0.6 is 23.2 Å². The third kappa shape index (κ3) is 4.73. The van der Waals surface area contributed by atoms with Gasteiger partial charge in [-0.05, 0) is 49.4 Å². The summed E-state index contributed by atoms with van der Waals surface area (Å²) in [4.78, 5) is 14.2. The van der Waals surface area contributed by atoms with Gasteiger partial charge in [-0.25, -0.2) is 8.42 Å². The molecule has 2 aromatic carbocycles. The van der Waals surface area contributed by atoms with Crippen LogP contribution in [-0.4, -0.2) is 45.0 Å². The number of halogens is 2. The molecule has 1 amide bonds. The summed E-state index contributed by atoms with van der Waals surface area (Å²) >= 11 is 11.9. The Labute approximate surface area is 168 Å². The molecule has 1 aliphatic heterocycles. The molecule has 0 radical (unpaired) electrons. The number of carbonyl (C=O) groups excluding carboxylic acids is 1. The first-order chi connectivity index (χ1) is 12.8. The molecular formula is C18H18Cl2N2O4S. The Bertz CT molecular complexity index is 948. The molecule has 0 spiro atoms. The molecule has 1 aliphatic rings. The minimum atomic E-state index is -3.97. The number of nitrogens with zero attached hydrogens (tertiary/aromatic N) is 1. The van der Waals surface area contributed by atoms with Gasteiger partial charge in [-0.2, -0.15) is 0 Å². The van der Waals surface area contributed by atoms with Crippen LogP contribution in [0.1, 0.15) is 17.3 Å². The van der Waals surface area contributed by atoms with Crippen molar-refractivity contribution >= 4 is 44.8 Å². The highest BCUT2D eigenvalue weighted by atomic mass is 35.5. The van der Waals surface area contributed by atoms with Crippen molar-refractivity contribution in [3.05, 3.63) is 58.1 Å². The fourth-order valence-electron chi connectivity index (χ4n) is 2.76. The van der Waals surface area contributed by atoms with Gasteiger partial charge in [-0.15, -0.1) is 0 Å². The maximum absolute atomic E-state index is 12.7. The van der Waals surface area contributed by atoms with E-state index in [1.807, 2.05) is 6.92 Å². The molecule has 1 N–H and O–H groups in total. The molecule has 2 aromatic rings. The summed E-state index contributed by atoms with van der Waals surface area (Å²) in [7, 11) is -3.97. The van der Waals surface area contributed by atoms with E-state index in [0.717, 1.165) is 0 Å². The van der Waals surface area contributed by atoms with Gasteiger partial charge in [-0.1, -0.05) is 23.2 Å². The number of rotatable bonds is 4. The van der Waals surface area contributed by atoms with Crippen LogP contribution in [0.2, 0.25) is 10.0 Å². The lowest BCUT2D eigenvalue weighted by Gasteiger charge is -2.31. The van der Waals surface area contributed by atoms with Crippen LogP contribution < -0.4 is 4.72 Å². The van der Waals surface area contributed by atoms with Gasteiger partial charge in [0.2, 0.25) is 0 Å².